The molecule has 2 aromatic rings. The van der Waals surface area contributed by atoms with Crippen LogP contribution in [0.2, 0.25) is 0 Å². The largest absolute Gasteiger partial charge is 0.493 e. The highest BCUT2D eigenvalue weighted by Gasteiger charge is 2.17. The molecule has 1 saturated carbocycles. The van der Waals surface area contributed by atoms with E-state index in [1.54, 1.807) is 0 Å². The van der Waals surface area contributed by atoms with Crippen molar-refractivity contribution < 1.29 is 4.74 Å². The molecule has 0 atom stereocenters. The van der Waals surface area contributed by atoms with Crippen molar-refractivity contribution in [2.75, 3.05) is 12.3 Å². The number of ether oxygens (including phenoxy) is 1. The van der Waals surface area contributed by atoms with Gasteiger partial charge >= 0.3 is 0 Å². The van der Waals surface area contributed by atoms with Crippen LogP contribution in [0.15, 0.2) is 24.3 Å². The maximum absolute atomic E-state index is 5.97. The Hall–Kier alpha value is -1.77. The maximum atomic E-state index is 5.97. The third-order valence-electron chi connectivity index (χ3n) is 3.93. The minimum Gasteiger partial charge on any atom is -0.493 e. The van der Waals surface area contributed by atoms with Crippen LogP contribution in [-0.4, -0.2) is 11.6 Å². The average molecular weight is 256 g/mol. The first-order valence-electron chi connectivity index (χ1n) is 7.02. The van der Waals surface area contributed by atoms with Gasteiger partial charge in [0.15, 0.2) is 0 Å². The minimum atomic E-state index is 0.752. The summed E-state index contributed by atoms with van der Waals surface area (Å²) in [5.41, 5.74) is 8.54. The lowest BCUT2D eigenvalue weighted by Crippen LogP contribution is -2.14. The summed E-state index contributed by atoms with van der Waals surface area (Å²) in [5, 5.41) is 1.01. The molecule has 0 amide bonds. The predicted molar refractivity (Wildman–Crippen MR) is 78.3 cm³/mol. The fourth-order valence-corrected chi connectivity index (χ4v) is 2.57. The van der Waals surface area contributed by atoms with Crippen molar-refractivity contribution in [3.05, 3.63) is 30.0 Å². The summed E-state index contributed by atoms with van der Waals surface area (Å²) in [7, 11) is 0. The van der Waals surface area contributed by atoms with Crippen molar-refractivity contribution in [1.29, 1.82) is 0 Å². The van der Waals surface area contributed by atoms with Gasteiger partial charge in [-0.3, -0.25) is 4.98 Å². The summed E-state index contributed by atoms with van der Waals surface area (Å²) in [6.07, 6.45) is 5.28. The molecule has 0 radical (unpaired) electrons. The fourth-order valence-electron chi connectivity index (χ4n) is 2.57. The van der Waals surface area contributed by atoms with Gasteiger partial charge < -0.3 is 10.5 Å². The summed E-state index contributed by atoms with van der Waals surface area (Å²) in [5.74, 6) is 1.79. The Bertz CT molecular complexity index is 591. The number of anilines is 1. The van der Waals surface area contributed by atoms with Crippen LogP contribution in [-0.2, 0) is 0 Å². The zero-order chi connectivity index (χ0) is 13.2. The fraction of sp³-hybridized carbons (Fsp3) is 0.438. The molecule has 1 fully saturated rings. The topological polar surface area (TPSA) is 48.1 Å². The summed E-state index contributed by atoms with van der Waals surface area (Å²) in [4.78, 5) is 4.51. The minimum absolute atomic E-state index is 0.752. The molecule has 1 heterocycles. The standard InChI is InChI=1S/C16H20N2O/c1-11-9-16(19-8-7-12-3-2-4-12)14-10-13(17)5-6-15(14)18-11/h5-6,9-10,12H,2-4,7-8,17H2,1H3. The molecule has 1 aromatic carbocycles. The van der Waals surface area contributed by atoms with Crippen molar-refractivity contribution in [3.8, 4) is 5.75 Å². The van der Waals surface area contributed by atoms with E-state index >= 15 is 0 Å². The number of nitrogens with zero attached hydrogens (tertiary/aromatic N) is 1. The lowest BCUT2D eigenvalue weighted by molar-refractivity contribution is 0.223. The van der Waals surface area contributed by atoms with Crippen molar-refractivity contribution >= 4 is 16.6 Å². The van der Waals surface area contributed by atoms with Crippen LogP contribution >= 0.6 is 0 Å². The van der Waals surface area contributed by atoms with Crippen molar-refractivity contribution in [2.24, 2.45) is 5.92 Å². The third-order valence-corrected chi connectivity index (χ3v) is 3.93. The van der Waals surface area contributed by atoms with E-state index in [9.17, 15) is 0 Å². The molecule has 19 heavy (non-hydrogen) atoms. The van der Waals surface area contributed by atoms with E-state index in [0.29, 0.717) is 0 Å². The number of aromatic nitrogens is 1. The number of nitrogens with two attached hydrogens (primary N) is 1. The molecule has 0 aliphatic heterocycles. The number of nitrogen functional groups attached to an aromatic ring is 1. The zero-order valence-electron chi connectivity index (χ0n) is 11.4. The monoisotopic (exact) mass is 256 g/mol. The molecule has 1 aliphatic rings. The van der Waals surface area contributed by atoms with Crippen LogP contribution in [0.1, 0.15) is 31.4 Å². The number of hydrogen-bond donors (Lipinski definition) is 1. The molecule has 2 N–H and O–H groups in total. The molecule has 0 saturated heterocycles. The Kier molecular flexibility index (Phi) is 3.28. The van der Waals surface area contributed by atoms with Gasteiger partial charge in [-0.25, -0.2) is 0 Å². The molecule has 3 nitrogen and oxygen atoms in total. The van der Waals surface area contributed by atoms with Crippen molar-refractivity contribution in [2.45, 2.75) is 32.6 Å². The smallest absolute Gasteiger partial charge is 0.130 e. The average Bonchev–Trinajstić information content (AvgIpc) is 2.33. The van der Waals surface area contributed by atoms with Crippen molar-refractivity contribution in [1.82, 2.24) is 4.98 Å². The van der Waals surface area contributed by atoms with Crippen LogP contribution in [0.3, 0.4) is 0 Å². The van der Waals surface area contributed by atoms with E-state index in [4.69, 9.17) is 10.5 Å². The van der Waals surface area contributed by atoms with Crippen molar-refractivity contribution in [3.63, 3.8) is 0 Å². The molecule has 3 heteroatoms. The van der Waals surface area contributed by atoms with Gasteiger partial charge in [-0.2, -0.15) is 0 Å². The first-order chi connectivity index (χ1) is 9.22. The molecule has 100 valence electrons. The van der Waals surface area contributed by atoms with Crippen LogP contribution in [0, 0.1) is 12.8 Å². The Morgan fingerprint density at radius 1 is 1.32 bits per heavy atom. The van der Waals surface area contributed by atoms with Gasteiger partial charge in [-0.15, -0.1) is 0 Å². The first-order valence-corrected chi connectivity index (χ1v) is 7.02. The van der Waals surface area contributed by atoms with Gasteiger partial charge in [0.1, 0.15) is 5.75 Å². The number of fused-ring (bicyclic) bond motifs is 1. The van der Waals surface area contributed by atoms with Crippen LogP contribution in [0.5, 0.6) is 5.75 Å². The Morgan fingerprint density at radius 2 is 2.16 bits per heavy atom. The second-order valence-electron chi connectivity index (χ2n) is 5.47. The Labute approximate surface area is 113 Å². The van der Waals surface area contributed by atoms with Gasteiger partial charge in [0, 0.05) is 22.8 Å². The quantitative estimate of drug-likeness (QED) is 0.849. The second kappa shape index (κ2) is 5.08. The highest BCUT2D eigenvalue weighted by atomic mass is 16.5. The molecule has 0 bridgehead atoms. The Balaban J connectivity index is 1.81. The maximum Gasteiger partial charge on any atom is 0.130 e. The van der Waals surface area contributed by atoms with E-state index in [1.807, 2.05) is 31.2 Å². The number of aryl methyl sites for hydroxylation is 1. The lowest BCUT2D eigenvalue weighted by Gasteiger charge is -2.25. The van der Waals surface area contributed by atoms with E-state index in [2.05, 4.69) is 4.98 Å². The molecule has 1 aliphatic carbocycles. The van der Waals surface area contributed by atoms with Gasteiger partial charge in [0.25, 0.3) is 0 Å². The van der Waals surface area contributed by atoms with E-state index in [0.717, 1.165) is 47.0 Å². The molecular weight excluding hydrogens is 236 g/mol. The summed E-state index contributed by atoms with van der Waals surface area (Å²) in [6.45, 7) is 2.78. The summed E-state index contributed by atoms with van der Waals surface area (Å²) in [6, 6.07) is 7.78. The van der Waals surface area contributed by atoms with Gasteiger partial charge in [-0.05, 0) is 37.5 Å². The molecule has 1 aromatic heterocycles. The number of benzene rings is 1. The normalized spacial score (nSPS) is 15.4. The molecule has 3 rings (SSSR count). The van der Waals surface area contributed by atoms with E-state index in [-0.39, 0.29) is 0 Å². The molecule has 0 spiro atoms. The molecular formula is C16H20N2O. The van der Waals surface area contributed by atoms with Crippen LogP contribution in [0.4, 0.5) is 5.69 Å². The summed E-state index contributed by atoms with van der Waals surface area (Å²) >= 11 is 0. The summed E-state index contributed by atoms with van der Waals surface area (Å²) < 4.78 is 5.97. The van der Waals surface area contributed by atoms with Gasteiger partial charge in [0.2, 0.25) is 0 Å². The number of hydrogen-bond acceptors (Lipinski definition) is 3. The Morgan fingerprint density at radius 3 is 2.89 bits per heavy atom. The lowest BCUT2D eigenvalue weighted by atomic mass is 9.83. The number of rotatable bonds is 4. The zero-order valence-corrected chi connectivity index (χ0v) is 11.4. The van der Waals surface area contributed by atoms with E-state index < -0.39 is 0 Å². The van der Waals surface area contributed by atoms with Crippen LogP contribution < -0.4 is 10.5 Å². The van der Waals surface area contributed by atoms with Gasteiger partial charge in [0.05, 0.1) is 12.1 Å². The van der Waals surface area contributed by atoms with Crippen LogP contribution in [0.25, 0.3) is 10.9 Å². The second-order valence-corrected chi connectivity index (χ2v) is 5.47. The molecule has 0 unspecified atom stereocenters. The van der Waals surface area contributed by atoms with Gasteiger partial charge in [-0.1, -0.05) is 19.3 Å². The highest BCUT2D eigenvalue weighted by Crippen LogP contribution is 2.31. The SMILES string of the molecule is Cc1cc(OCCC2CCC2)c2cc(N)ccc2n1. The third kappa shape index (κ3) is 2.65. The predicted octanol–water partition coefficient (Wildman–Crippen LogP) is 3.69. The number of pyridine rings is 1. The van der Waals surface area contributed by atoms with E-state index in [1.165, 1.54) is 19.3 Å². The highest BCUT2D eigenvalue weighted by molar-refractivity contribution is 5.87. The first kappa shape index (κ1) is 12.3.